The maximum atomic E-state index is 12.7. The van der Waals surface area contributed by atoms with Crippen molar-refractivity contribution in [3.63, 3.8) is 0 Å². The summed E-state index contributed by atoms with van der Waals surface area (Å²) in [6, 6.07) is 0. The molecule has 0 bridgehead atoms. The third-order valence-corrected chi connectivity index (χ3v) is 9.60. The zero-order valence-electron chi connectivity index (χ0n) is 34.7. The molecule has 0 aromatic rings. The summed E-state index contributed by atoms with van der Waals surface area (Å²) in [5, 5.41) is 11.7. The van der Waals surface area contributed by atoms with Gasteiger partial charge in [0.25, 0.3) is 0 Å². The molecule has 0 aromatic heterocycles. The van der Waals surface area contributed by atoms with E-state index in [-0.39, 0.29) is 32.2 Å². The van der Waals surface area contributed by atoms with Crippen molar-refractivity contribution in [2.75, 3.05) is 47.5 Å². The summed E-state index contributed by atoms with van der Waals surface area (Å²) < 4.78 is 22.5. The molecule has 308 valence electrons. The monoisotopic (exact) mass is 742 g/mol. The maximum absolute atomic E-state index is 12.7. The number of hydrogen-bond acceptors (Lipinski definition) is 8. The minimum atomic E-state index is -1.61. The molecule has 0 saturated heterocycles. The van der Waals surface area contributed by atoms with Crippen molar-refractivity contribution in [3.8, 4) is 0 Å². The van der Waals surface area contributed by atoms with Gasteiger partial charge in [-0.05, 0) is 12.8 Å². The lowest BCUT2D eigenvalue weighted by atomic mass is 10.0. The lowest BCUT2D eigenvalue weighted by Crippen LogP contribution is -2.44. The van der Waals surface area contributed by atoms with Gasteiger partial charge in [0.1, 0.15) is 13.2 Å². The Bertz CT molecular complexity index is 830. The number of carboxylic acid groups (broad SMARTS) is 1. The normalized spacial score (nSPS) is 12.9. The maximum Gasteiger partial charge on any atom is 0.306 e. The molecular formula is C43H83NO8. The summed E-state index contributed by atoms with van der Waals surface area (Å²) in [5.41, 5.74) is 0. The van der Waals surface area contributed by atoms with Gasteiger partial charge in [-0.3, -0.25) is 9.59 Å². The first-order valence-corrected chi connectivity index (χ1v) is 21.7. The van der Waals surface area contributed by atoms with E-state index in [1.807, 2.05) is 21.1 Å². The molecule has 9 heteroatoms. The van der Waals surface area contributed by atoms with E-state index in [0.717, 1.165) is 38.5 Å². The van der Waals surface area contributed by atoms with E-state index in [9.17, 15) is 19.5 Å². The van der Waals surface area contributed by atoms with Crippen LogP contribution in [0.4, 0.5) is 0 Å². The number of hydrogen-bond donors (Lipinski definition) is 0. The van der Waals surface area contributed by atoms with Crippen molar-refractivity contribution in [2.45, 2.75) is 212 Å². The van der Waals surface area contributed by atoms with Crippen molar-refractivity contribution in [1.29, 1.82) is 0 Å². The Morgan fingerprint density at radius 1 is 0.500 bits per heavy atom. The van der Waals surface area contributed by atoms with E-state index in [1.165, 1.54) is 135 Å². The molecule has 2 unspecified atom stereocenters. The van der Waals surface area contributed by atoms with Crippen LogP contribution in [0.1, 0.15) is 200 Å². The van der Waals surface area contributed by atoms with Crippen LogP contribution in [0.15, 0.2) is 0 Å². The number of aliphatic carboxylic acids is 1. The molecule has 0 N–H and O–H groups in total. The fourth-order valence-corrected chi connectivity index (χ4v) is 6.18. The van der Waals surface area contributed by atoms with Crippen molar-refractivity contribution in [3.05, 3.63) is 0 Å². The largest absolute Gasteiger partial charge is 0.545 e. The van der Waals surface area contributed by atoms with Crippen LogP contribution in [0.3, 0.4) is 0 Å². The van der Waals surface area contributed by atoms with Crippen molar-refractivity contribution in [1.82, 2.24) is 0 Å². The Kier molecular flexibility index (Phi) is 35.1. The molecule has 0 heterocycles. The van der Waals surface area contributed by atoms with Gasteiger partial charge >= 0.3 is 11.9 Å². The number of carbonyl (C=O) groups is 3. The van der Waals surface area contributed by atoms with Gasteiger partial charge in [-0.15, -0.1) is 0 Å². The molecule has 52 heavy (non-hydrogen) atoms. The summed E-state index contributed by atoms with van der Waals surface area (Å²) >= 11 is 0. The summed E-state index contributed by atoms with van der Waals surface area (Å²) in [6.07, 6.45) is 31.2. The zero-order chi connectivity index (χ0) is 38.5. The summed E-state index contributed by atoms with van der Waals surface area (Å²) in [5.74, 6) is -2.27. The first-order chi connectivity index (χ1) is 25.1. The molecular weight excluding hydrogens is 658 g/mol. The van der Waals surface area contributed by atoms with Gasteiger partial charge in [0.15, 0.2) is 12.4 Å². The Balaban J connectivity index is 4.43. The van der Waals surface area contributed by atoms with Crippen LogP contribution in [-0.4, -0.2) is 82.3 Å². The minimum Gasteiger partial charge on any atom is -0.545 e. The molecule has 0 aliphatic rings. The average Bonchev–Trinajstić information content (AvgIpc) is 3.09. The van der Waals surface area contributed by atoms with E-state index >= 15 is 0 Å². The number of quaternary nitrogens is 1. The lowest BCUT2D eigenvalue weighted by Gasteiger charge is -2.26. The number of nitrogens with zero attached hydrogens (tertiary/aromatic N) is 1. The number of likely N-dealkylation sites (N-methyl/N-ethyl adjacent to an activating group) is 1. The third-order valence-electron chi connectivity index (χ3n) is 9.60. The highest BCUT2D eigenvalue weighted by molar-refractivity contribution is 5.70. The van der Waals surface area contributed by atoms with E-state index in [4.69, 9.17) is 18.9 Å². The standard InChI is InChI=1S/C43H83NO8/c1-6-8-10-12-14-16-18-20-21-22-24-26-28-30-32-34-41(46)52-39(38-51-43(42(47)48)49-36-35-44(3,4)5)37-50-40(45)33-31-29-27-25-23-19-17-15-13-11-9-7-2/h39,43H,6-38H2,1-5H3. The third kappa shape index (κ3) is 36.6. The Labute approximate surface area is 320 Å². The number of unbranched alkanes of at least 4 members (excludes halogenated alkanes) is 25. The smallest absolute Gasteiger partial charge is 0.306 e. The molecule has 0 fully saturated rings. The van der Waals surface area contributed by atoms with Gasteiger partial charge in [0.05, 0.1) is 40.3 Å². The predicted molar refractivity (Wildman–Crippen MR) is 210 cm³/mol. The Morgan fingerprint density at radius 2 is 0.865 bits per heavy atom. The first kappa shape index (κ1) is 50.3. The van der Waals surface area contributed by atoms with Crippen molar-refractivity contribution < 1.29 is 42.9 Å². The van der Waals surface area contributed by atoms with Crippen LogP contribution in [0.25, 0.3) is 0 Å². The van der Waals surface area contributed by atoms with E-state index < -0.39 is 24.3 Å². The van der Waals surface area contributed by atoms with Gasteiger partial charge in [0.2, 0.25) is 0 Å². The highest BCUT2D eigenvalue weighted by Gasteiger charge is 2.21. The molecule has 0 spiro atoms. The topological polar surface area (TPSA) is 111 Å². The van der Waals surface area contributed by atoms with Crippen LogP contribution in [0.5, 0.6) is 0 Å². The molecule has 0 aromatic carbocycles. The van der Waals surface area contributed by atoms with E-state index in [2.05, 4.69) is 13.8 Å². The van der Waals surface area contributed by atoms with Crippen LogP contribution in [-0.2, 0) is 33.3 Å². The minimum absolute atomic E-state index is 0.153. The second kappa shape index (κ2) is 36.3. The van der Waals surface area contributed by atoms with Crippen LogP contribution in [0.2, 0.25) is 0 Å². The summed E-state index contributed by atoms with van der Waals surface area (Å²) in [4.78, 5) is 36.9. The SMILES string of the molecule is CCCCCCCCCCCCCCCCCC(=O)OC(COC(=O)CCCCCCCCCCCCCC)COC(OCC[N+](C)(C)C)C(=O)[O-]. The number of rotatable bonds is 40. The number of esters is 2. The van der Waals surface area contributed by atoms with Crippen LogP contribution < -0.4 is 5.11 Å². The van der Waals surface area contributed by atoms with Gasteiger partial charge in [-0.1, -0.05) is 174 Å². The summed E-state index contributed by atoms with van der Waals surface area (Å²) in [7, 11) is 5.91. The van der Waals surface area contributed by atoms with Crippen LogP contribution in [0, 0.1) is 0 Å². The predicted octanol–water partition coefficient (Wildman–Crippen LogP) is 9.61. The molecule has 0 radical (unpaired) electrons. The van der Waals surface area contributed by atoms with Gasteiger partial charge in [-0.2, -0.15) is 0 Å². The average molecular weight is 742 g/mol. The number of ether oxygens (including phenoxy) is 4. The molecule has 0 aliphatic heterocycles. The second-order valence-electron chi connectivity index (χ2n) is 16.0. The highest BCUT2D eigenvalue weighted by atomic mass is 16.7. The molecule has 0 amide bonds. The van der Waals surface area contributed by atoms with E-state index in [0.29, 0.717) is 17.4 Å². The van der Waals surface area contributed by atoms with E-state index in [1.54, 1.807) is 0 Å². The quantitative estimate of drug-likeness (QED) is 0.0264. The first-order valence-electron chi connectivity index (χ1n) is 21.7. The molecule has 0 saturated carbocycles. The van der Waals surface area contributed by atoms with Gasteiger partial charge in [0, 0.05) is 12.8 Å². The van der Waals surface area contributed by atoms with Gasteiger partial charge < -0.3 is 33.3 Å². The molecule has 0 aliphatic carbocycles. The van der Waals surface area contributed by atoms with Crippen molar-refractivity contribution in [2.24, 2.45) is 0 Å². The number of carboxylic acids is 1. The Hall–Kier alpha value is -1.71. The summed E-state index contributed by atoms with van der Waals surface area (Å²) in [6.45, 7) is 4.76. The zero-order valence-corrected chi connectivity index (χ0v) is 34.7. The highest BCUT2D eigenvalue weighted by Crippen LogP contribution is 2.15. The Morgan fingerprint density at radius 3 is 1.23 bits per heavy atom. The van der Waals surface area contributed by atoms with Crippen LogP contribution >= 0.6 is 0 Å². The fourth-order valence-electron chi connectivity index (χ4n) is 6.18. The van der Waals surface area contributed by atoms with Crippen molar-refractivity contribution >= 4 is 17.9 Å². The number of carbonyl (C=O) groups excluding carboxylic acids is 3. The molecule has 2 atom stereocenters. The lowest BCUT2D eigenvalue weighted by molar-refractivity contribution is -0.870. The van der Waals surface area contributed by atoms with Gasteiger partial charge in [-0.25, -0.2) is 0 Å². The molecule has 0 rings (SSSR count). The fraction of sp³-hybridized carbons (Fsp3) is 0.930. The second-order valence-corrected chi connectivity index (χ2v) is 16.0. The molecule has 9 nitrogen and oxygen atoms in total.